The fraction of sp³-hybridized carbons (Fsp3) is 0.385. The molecular formula is C26H28N2O. The Hall–Kier alpha value is -2.68. The van der Waals surface area contributed by atoms with Crippen LogP contribution in [0.15, 0.2) is 70.4 Å². The molecule has 0 saturated carbocycles. The predicted molar refractivity (Wildman–Crippen MR) is 119 cm³/mol. The number of aliphatic imine (C=N–C) groups is 1. The van der Waals surface area contributed by atoms with Crippen molar-refractivity contribution in [1.29, 1.82) is 0 Å². The van der Waals surface area contributed by atoms with Crippen LogP contribution in [0.5, 0.6) is 0 Å². The molecule has 148 valence electrons. The van der Waals surface area contributed by atoms with Gasteiger partial charge in [0.05, 0.1) is 5.57 Å². The van der Waals surface area contributed by atoms with E-state index in [4.69, 9.17) is 4.99 Å². The van der Waals surface area contributed by atoms with Crippen LogP contribution in [0.25, 0.3) is 10.8 Å². The molecule has 1 amide bonds. The Morgan fingerprint density at radius 2 is 1.79 bits per heavy atom. The molecule has 0 bridgehead atoms. The van der Waals surface area contributed by atoms with E-state index in [2.05, 4.69) is 53.4 Å². The van der Waals surface area contributed by atoms with E-state index < -0.39 is 0 Å². The van der Waals surface area contributed by atoms with Gasteiger partial charge < -0.3 is 4.90 Å². The Kier molecular flexibility index (Phi) is 4.83. The minimum Gasteiger partial charge on any atom is -0.339 e. The first-order valence-electron chi connectivity index (χ1n) is 11.0. The molecule has 0 radical (unpaired) electrons. The summed E-state index contributed by atoms with van der Waals surface area (Å²) in [6.07, 6.45) is 9.00. The van der Waals surface area contributed by atoms with Gasteiger partial charge in [0.25, 0.3) is 5.91 Å². The number of rotatable bonds is 2. The minimum absolute atomic E-state index is 0.0108. The lowest BCUT2D eigenvalue weighted by Crippen LogP contribution is -2.39. The zero-order valence-corrected chi connectivity index (χ0v) is 17.2. The van der Waals surface area contributed by atoms with Crippen molar-refractivity contribution in [2.75, 3.05) is 13.1 Å². The summed E-state index contributed by atoms with van der Waals surface area (Å²) in [5.41, 5.74) is 5.48. The zero-order valence-electron chi connectivity index (χ0n) is 17.2. The standard InChI is InChI=1S/C26H28N2O/c1-18-24(26(29)28-16-7-2-8-17-28)25(22-13-5-6-15-23(22)27-18)21-14-9-11-19-10-3-4-12-20(19)21/h3-4,9-14,25H,2,5-8,15-17H2,1H3. The lowest BCUT2D eigenvalue weighted by atomic mass is 9.74. The molecule has 2 aliphatic heterocycles. The molecule has 3 aliphatic rings. The number of allylic oxidation sites excluding steroid dienone is 3. The summed E-state index contributed by atoms with van der Waals surface area (Å²) >= 11 is 0. The van der Waals surface area contributed by atoms with Gasteiger partial charge in [-0.25, -0.2) is 0 Å². The molecule has 29 heavy (non-hydrogen) atoms. The fourth-order valence-corrected chi connectivity index (χ4v) is 5.19. The van der Waals surface area contributed by atoms with Gasteiger partial charge in [0.15, 0.2) is 0 Å². The summed E-state index contributed by atoms with van der Waals surface area (Å²) < 4.78 is 0. The van der Waals surface area contributed by atoms with Crippen molar-refractivity contribution in [2.24, 2.45) is 4.99 Å². The van der Waals surface area contributed by atoms with E-state index in [1.54, 1.807) is 0 Å². The summed E-state index contributed by atoms with van der Waals surface area (Å²) in [7, 11) is 0. The molecule has 0 spiro atoms. The molecule has 0 N–H and O–H groups in total. The van der Waals surface area contributed by atoms with Crippen LogP contribution in [0.1, 0.15) is 56.9 Å². The van der Waals surface area contributed by atoms with E-state index in [-0.39, 0.29) is 11.8 Å². The number of hydrogen-bond acceptors (Lipinski definition) is 2. The number of benzene rings is 2. The van der Waals surface area contributed by atoms with Crippen molar-refractivity contribution in [2.45, 2.75) is 51.4 Å². The average Bonchev–Trinajstić information content (AvgIpc) is 2.78. The summed E-state index contributed by atoms with van der Waals surface area (Å²) in [4.78, 5) is 20.7. The molecule has 1 fully saturated rings. The maximum atomic E-state index is 13.7. The first kappa shape index (κ1) is 18.4. The summed E-state index contributed by atoms with van der Waals surface area (Å²) in [6, 6.07) is 15.0. The van der Waals surface area contributed by atoms with Gasteiger partial charge in [0, 0.05) is 30.4 Å². The van der Waals surface area contributed by atoms with Gasteiger partial charge in [-0.15, -0.1) is 0 Å². The van der Waals surface area contributed by atoms with E-state index in [1.165, 1.54) is 34.0 Å². The lowest BCUT2D eigenvalue weighted by molar-refractivity contribution is -0.128. The average molecular weight is 385 g/mol. The van der Waals surface area contributed by atoms with Crippen LogP contribution in [0.4, 0.5) is 0 Å². The van der Waals surface area contributed by atoms with Crippen LogP contribution in [-0.2, 0) is 4.79 Å². The topological polar surface area (TPSA) is 32.7 Å². The number of piperidine rings is 1. The number of likely N-dealkylation sites (tertiary alicyclic amines) is 1. The summed E-state index contributed by atoms with van der Waals surface area (Å²) in [6.45, 7) is 3.77. The van der Waals surface area contributed by atoms with Crippen LogP contribution in [0, 0.1) is 0 Å². The van der Waals surface area contributed by atoms with Crippen LogP contribution in [-0.4, -0.2) is 29.6 Å². The smallest absolute Gasteiger partial charge is 0.252 e. The highest BCUT2D eigenvalue weighted by atomic mass is 16.2. The number of hydrogen-bond donors (Lipinski definition) is 0. The molecule has 3 nitrogen and oxygen atoms in total. The van der Waals surface area contributed by atoms with Gasteiger partial charge in [0.2, 0.25) is 0 Å². The predicted octanol–water partition coefficient (Wildman–Crippen LogP) is 5.77. The molecule has 1 aliphatic carbocycles. The highest BCUT2D eigenvalue weighted by molar-refractivity contribution is 6.10. The van der Waals surface area contributed by atoms with Crippen molar-refractivity contribution in [3.8, 4) is 0 Å². The van der Waals surface area contributed by atoms with Crippen molar-refractivity contribution >= 4 is 22.4 Å². The highest BCUT2D eigenvalue weighted by Crippen LogP contribution is 2.44. The van der Waals surface area contributed by atoms with E-state index in [1.807, 2.05) is 6.92 Å². The van der Waals surface area contributed by atoms with Gasteiger partial charge in [-0.2, -0.15) is 0 Å². The van der Waals surface area contributed by atoms with Crippen molar-refractivity contribution in [1.82, 2.24) is 4.90 Å². The third-order valence-corrected chi connectivity index (χ3v) is 6.62. The first-order valence-corrected chi connectivity index (χ1v) is 11.0. The van der Waals surface area contributed by atoms with Gasteiger partial charge in [-0.1, -0.05) is 48.5 Å². The normalized spacial score (nSPS) is 22.2. The van der Waals surface area contributed by atoms with Gasteiger partial charge >= 0.3 is 0 Å². The van der Waals surface area contributed by atoms with E-state index in [0.29, 0.717) is 0 Å². The Labute approximate surface area is 172 Å². The Morgan fingerprint density at radius 1 is 1.00 bits per heavy atom. The van der Waals surface area contributed by atoms with Gasteiger partial charge in [-0.05, 0) is 67.4 Å². The quantitative estimate of drug-likeness (QED) is 0.646. The van der Waals surface area contributed by atoms with Crippen LogP contribution in [0.3, 0.4) is 0 Å². The number of carbonyl (C=O) groups is 1. The Morgan fingerprint density at radius 3 is 2.66 bits per heavy atom. The molecule has 1 atom stereocenters. The number of fused-ring (bicyclic) bond motifs is 2. The maximum Gasteiger partial charge on any atom is 0.252 e. The SMILES string of the molecule is CC1=C(C(=O)N2CCCCC2)C(c2cccc3ccccc23)C2=CCCCC2=N1. The van der Waals surface area contributed by atoms with Crippen molar-refractivity contribution in [3.05, 3.63) is 70.9 Å². The molecule has 2 aromatic rings. The van der Waals surface area contributed by atoms with Gasteiger partial charge in [0.1, 0.15) is 0 Å². The van der Waals surface area contributed by atoms with Crippen LogP contribution >= 0.6 is 0 Å². The van der Waals surface area contributed by atoms with Crippen molar-refractivity contribution in [3.63, 3.8) is 0 Å². The second-order valence-electron chi connectivity index (χ2n) is 8.46. The molecular weight excluding hydrogens is 356 g/mol. The first-order chi connectivity index (χ1) is 14.2. The minimum atomic E-state index is -0.0108. The van der Waals surface area contributed by atoms with Gasteiger partial charge in [-0.3, -0.25) is 9.79 Å². The van der Waals surface area contributed by atoms with E-state index in [9.17, 15) is 4.79 Å². The number of carbonyl (C=O) groups excluding carboxylic acids is 1. The summed E-state index contributed by atoms with van der Waals surface area (Å²) in [5.74, 6) is 0.178. The second-order valence-corrected chi connectivity index (χ2v) is 8.46. The van der Waals surface area contributed by atoms with Crippen LogP contribution < -0.4 is 0 Å². The Bertz CT molecular complexity index is 1050. The van der Waals surface area contributed by atoms with Crippen molar-refractivity contribution < 1.29 is 4.79 Å². The molecule has 0 aromatic heterocycles. The van der Waals surface area contributed by atoms with E-state index in [0.717, 1.165) is 56.5 Å². The molecule has 2 aromatic carbocycles. The zero-order chi connectivity index (χ0) is 19.8. The molecule has 1 unspecified atom stereocenters. The van der Waals surface area contributed by atoms with Crippen LogP contribution in [0.2, 0.25) is 0 Å². The number of nitrogens with zero attached hydrogens (tertiary/aromatic N) is 2. The number of amides is 1. The largest absolute Gasteiger partial charge is 0.339 e. The molecule has 2 heterocycles. The second kappa shape index (κ2) is 7.62. The fourth-order valence-electron chi connectivity index (χ4n) is 5.19. The third kappa shape index (κ3) is 3.23. The third-order valence-electron chi connectivity index (χ3n) is 6.62. The maximum absolute atomic E-state index is 13.7. The monoisotopic (exact) mass is 384 g/mol. The lowest BCUT2D eigenvalue weighted by Gasteiger charge is -2.35. The van der Waals surface area contributed by atoms with E-state index >= 15 is 0 Å². The Balaban J connectivity index is 1.69. The molecule has 5 rings (SSSR count). The highest BCUT2D eigenvalue weighted by Gasteiger charge is 2.37. The molecule has 1 saturated heterocycles. The summed E-state index contributed by atoms with van der Waals surface area (Å²) in [5, 5.41) is 2.47. The molecule has 3 heteroatoms.